The summed E-state index contributed by atoms with van der Waals surface area (Å²) < 4.78 is 5.57. The second kappa shape index (κ2) is 10.3. The van der Waals surface area contributed by atoms with Crippen molar-refractivity contribution in [2.45, 2.75) is 6.54 Å². The van der Waals surface area contributed by atoms with Crippen LogP contribution in [0, 0.1) is 0 Å². The van der Waals surface area contributed by atoms with E-state index in [9.17, 15) is 4.79 Å². The average Bonchev–Trinajstić information content (AvgIpc) is 2.69. The topological polar surface area (TPSA) is 57.7 Å². The number of halogens is 1. The molecule has 6 nitrogen and oxygen atoms in total. The van der Waals surface area contributed by atoms with Crippen LogP contribution in [0.15, 0.2) is 48.7 Å². The Bertz CT molecular complexity index is 704. The molecule has 2 heterocycles. The number of nitrogens with one attached hydrogen (secondary N) is 1. The van der Waals surface area contributed by atoms with Crippen LogP contribution in [-0.2, 0) is 11.3 Å². The number of ether oxygens (including phenoxy) is 1. The number of rotatable bonds is 8. The first-order chi connectivity index (χ1) is 13.2. The number of pyridine rings is 1. The summed E-state index contributed by atoms with van der Waals surface area (Å²) in [6.45, 7) is 5.89. The van der Waals surface area contributed by atoms with E-state index in [1.807, 2.05) is 36.5 Å². The molecule has 0 aliphatic carbocycles. The van der Waals surface area contributed by atoms with Gasteiger partial charge in [0.25, 0.3) is 0 Å². The van der Waals surface area contributed by atoms with Gasteiger partial charge in [0.15, 0.2) is 0 Å². The highest BCUT2D eigenvalue weighted by Crippen LogP contribution is 2.15. The minimum absolute atomic E-state index is 0.0351. The number of benzene rings is 1. The van der Waals surface area contributed by atoms with Gasteiger partial charge in [0.2, 0.25) is 5.91 Å². The lowest BCUT2D eigenvalue weighted by molar-refractivity contribution is -0.122. The molecule has 0 bridgehead atoms. The van der Waals surface area contributed by atoms with Crippen molar-refractivity contribution in [2.75, 3.05) is 45.9 Å². The van der Waals surface area contributed by atoms with Crippen LogP contribution in [0.2, 0.25) is 5.02 Å². The molecule has 27 heavy (non-hydrogen) atoms. The molecule has 0 atom stereocenters. The summed E-state index contributed by atoms with van der Waals surface area (Å²) in [5.74, 6) is 0.783. The molecular weight excluding hydrogens is 364 g/mol. The monoisotopic (exact) mass is 388 g/mol. The Hall–Kier alpha value is -2.15. The third-order valence-corrected chi connectivity index (χ3v) is 4.70. The van der Waals surface area contributed by atoms with Crippen molar-refractivity contribution < 1.29 is 9.53 Å². The number of carbonyl (C=O) groups is 1. The van der Waals surface area contributed by atoms with Gasteiger partial charge < -0.3 is 10.1 Å². The smallest absolute Gasteiger partial charge is 0.234 e. The van der Waals surface area contributed by atoms with Gasteiger partial charge in [-0.05, 0) is 36.4 Å². The molecule has 144 valence electrons. The van der Waals surface area contributed by atoms with Crippen molar-refractivity contribution in [1.29, 1.82) is 0 Å². The lowest BCUT2D eigenvalue weighted by atomic mass is 10.2. The van der Waals surface area contributed by atoms with Crippen molar-refractivity contribution in [3.63, 3.8) is 0 Å². The molecule has 1 aromatic heterocycles. The Morgan fingerprint density at radius 3 is 2.52 bits per heavy atom. The second-order valence-electron chi connectivity index (χ2n) is 6.53. The molecular formula is C20H25ClN4O2. The molecule has 0 saturated carbocycles. The van der Waals surface area contributed by atoms with E-state index < -0.39 is 0 Å². The Labute approximate surface area is 165 Å². The number of hydrogen-bond donors (Lipinski definition) is 1. The fourth-order valence-electron chi connectivity index (χ4n) is 2.98. The maximum Gasteiger partial charge on any atom is 0.234 e. The molecule has 1 aliphatic rings. The standard InChI is InChI=1S/C20H25ClN4O2/c21-17-4-6-19(7-5-17)27-14-9-23-20(26)16-25-12-10-24(11-13-25)15-18-3-1-2-8-22-18/h1-8H,9-16H2,(H,23,26). The second-order valence-corrected chi connectivity index (χ2v) is 6.96. The summed E-state index contributed by atoms with van der Waals surface area (Å²) in [5.41, 5.74) is 1.09. The maximum atomic E-state index is 12.1. The van der Waals surface area contributed by atoms with E-state index in [-0.39, 0.29) is 5.91 Å². The molecule has 1 amide bonds. The predicted octanol–water partition coefficient (Wildman–Crippen LogP) is 2.05. The molecule has 1 N–H and O–H groups in total. The zero-order chi connectivity index (χ0) is 18.9. The lowest BCUT2D eigenvalue weighted by Crippen LogP contribution is -2.49. The summed E-state index contributed by atoms with van der Waals surface area (Å²) in [6, 6.07) is 13.2. The van der Waals surface area contributed by atoms with Crippen LogP contribution >= 0.6 is 11.6 Å². The summed E-state index contributed by atoms with van der Waals surface area (Å²) in [7, 11) is 0. The van der Waals surface area contributed by atoms with Crippen LogP contribution in [0.4, 0.5) is 0 Å². The Morgan fingerprint density at radius 2 is 1.81 bits per heavy atom. The molecule has 1 aromatic carbocycles. The Morgan fingerprint density at radius 1 is 1.07 bits per heavy atom. The maximum absolute atomic E-state index is 12.1. The largest absolute Gasteiger partial charge is 0.492 e. The van der Waals surface area contributed by atoms with E-state index in [4.69, 9.17) is 16.3 Å². The number of amides is 1. The van der Waals surface area contributed by atoms with Gasteiger partial charge in [0.05, 0.1) is 18.8 Å². The van der Waals surface area contributed by atoms with Crippen molar-refractivity contribution in [2.24, 2.45) is 0 Å². The Balaban J connectivity index is 1.28. The third-order valence-electron chi connectivity index (χ3n) is 4.45. The van der Waals surface area contributed by atoms with Crippen molar-refractivity contribution >= 4 is 17.5 Å². The predicted molar refractivity (Wildman–Crippen MR) is 106 cm³/mol. The fraction of sp³-hybridized carbons (Fsp3) is 0.400. The zero-order valence-corrected chi connectivity index (χ0v) is 16.1. The van der Waals surface area contributed by atoms with Gasteiger partial charge in [-0.1, -0.05) is 17.7 Å². The highest BCUT2D eigenvalue weighted by molar-refractivity contribution is 6.30. The zero-order valence-electron chi connectivity index (χ0n) is 15.3. The number of aromatic nitrogens is 1. The van der Waals surface area contributed by atoms with E-state index >= 15 is 0 Å². The summed E-state index contributed by atoms with van der Waals surface area (Å²) in [6.07, 6.45) is 1.83. The van der Waals surface area contributed by atoms with E-state index in [1.165, 1.54) is 0 Å². The molecule has 7 heteroatoms. The van der Waals surface area contributed by atoms with Crippen molar-refractivity contribution in [3.05, 3.63) is 59.4 Å². The van der Waals surface area contributed by atoms with E-state index in [2.05, 4.69) is 20.1 Å². The van der Waals surface area contributed by atoms with Crippen LogP contribution in [0.25, 0.3) is 0 Å². The first-order valence-electron chi connectivity index (χ1n) is 9.19. The van der Waals surface area contributed by atoms with E-state index in [0.717, 1.165) is 44.2 Å². The number of piperazine rings is 1. The normalized spacial score (nSPS) is 15.4. The molecule has 1 aliphatic heterocycles. The number of nitrogens with zero attached hydrogens (tertiary/aromatic N) is 3. The Kier molecular flexibility index (Phi) is 7.45. The van der Waals surface area contributed by atoms with Crippen LogP contribution in [0.3, 0.4) is 0 Å². The minimum atomic E-state index is 0.0351. The van der Waals surface area contributed by atoms with E-state index in [1.54, 1.807) is 12.1 Å². The molecule has 3 rings (SSSR count). The van der Waals surface area contributed by atoms with E-state index in [0.29, 0.717) is 24.7 Å². The molecule has 0 unspecified atom stereocenters. The molecule has 0 spiro atoms. The minimum Gasteiger partial charge on any atom is -0.492 e. The quantitative estimate of drug-likeness (QED) is 0.701. The van der Waals surface area contributed by atoms with Crippen molar-refractivity contribution in [3.8, 4) is 5.75 Å². The van der Waals surface area contributed by atoms with Gasteiger partial charge in [0.1, 0.15) is 12.4 Å². The number of carbonyl (C=O) groups excluding carboxylic acids is 1. The first-order valence-corrected chi connectivity index (χ1v) is 9.56. The summed E-state index contributed by atoms with van der Waals surface area (Å²) in [5, 5.41) is 3.58. The molecule has 1 saturated heterocycles. The number of hydrogen-bond acceptors (Lipinski definition) is 5. The molecule has 2 aromatic rings. The van der Waals surface area contributed by atoms with Crippen LogP contribution in [0.1, 0.15) is 5.69 Å². The van der Waals surface area contributed by atoms with Gasteiger partial charge in [-0.2, -0.15) is 0 Å². The van der Waals surface area contributed by atoms with Gasteiger partial charge in [-0.3, -0.25) is 19.6 Å². The summed E-state index contributed by atoms with van der Waals surface area (Å²) in [4.78, 5) is 21.0. The van der Waals surface area contributed by atoms with Gasteiger partial charge in [-0.25, -0.2) is 0 Å². The lowest BCUT2D eigenvalue weighted by Gasteiger charge is -2.34. The molecule has 1 fully saturated rings. The van der Waals surface area contributed by atoms with Crippen LogP contribution in [0.5, 0.6) is 5.75 Å². The highest BCUT2D eigenvalue weighted by Gasteiger charge is 2.19. The third kappa shape index (κ3) is 6.82. The van der Waals surface area contributed by atoms with Crippen LogP contribution in [-0.4, -0.2) is 66.6 Å². The average molecular weight is 389 g/mol. The van der Waals surface area contributed by atoms with Crippen molar-refractivity contribution in [1.82, 2.24) is 20.1 Å². The first kappa shape index (κ1) is 19.6. The summed E-state index contributed by atoms with van der Waals surface area (Å²) >= 11 is 5.83. The highest BCUT2D eigenvalue weighted by atomic mass is 35.5. The van der Waals surface area contributed by atoms with Crippen LogP contribution < -0.4 is 10.1 Å². The van der Waals surface area contributed by atoms with Gasteiger partial charge in [-0.15, -0.1) is 0 Å². The SMILES string of the molecule is O=C(CN1CCN(Cc2ccccn2)CC1)NCCOc1ccc(Cl)cc1. The van der Waals surface area contributed by atoms with Gasteiger partial charge in [0, 0.05) is 43.9 Å². The molecule has 0 radical (unpaired) electrons. The fourth-order valence-corrected chi connectivity index (χ4v) is 3.10. The van der Waals surface area contributed by atoms with Gasteiger partial charge >= 0.3 is 0 Å².